The Morgan fingerprint density at radius 2 is 1.82 bits per heavy atom. The highest BCUT2D eigenvalue weighted by atomic mass is 16.3. The Hall–Kier alpha value is -1.54. The van der Waals surface area contributed by atoms with Crippen LogP contribution in [0.25, 0.3) is 0 Å². The van der Waals surface area contributed by atoms with Crippen molar-refractivity contribution in [1.82, 2.24) is 5.32 Å². The van der Waals surface area contributed by atoms with Crippen LogP contribution in [0.15, 0.2) is 53.3 Å². The predicted molar refractivity (Wildman–Crippen MR) is 70.0 cm³/mol. The Morgan fingerprint density at radius 3 is 2.35 bits per heavy atom. The minimum absolute atomic E-state index is 0.0138. The Bertz CT molecular complexity index is 445. The minimum Gasteiger partial charge on any atom is -0.472 e. The summed E-state index contributed by atoms with van der Waals surface area (Å²) in [6.45, 7) is 4.49. The molecule has 90 valence electrons. The van der Waals surface area contributed by atoms with Crippen LogP contribution in [0.5, 0.6) is 0 Å². The molecule has 17 heavy (non-hydrogen) atoms. The molecule has 1 aromatic carbocycles. The van der Waals surface area contributed by atoms with Gasteiger partial charge in [0.05, 0.1) is 12.5 Å². The number of benzene rings is 1. The van der Waals surface area contributed by atoms with E-state index in [1.165, 1.54) is 11.1 Å². The Morgan fingerprint density at radius 1 is 1.12 bits per heavy atom. The molecule has 0 bridgehead atoms. The summed E-state index contributed by atoms with van der Waals surface area (Å²) in [5, 5.41) is 3.38. The van der Waals surface area contributed by atoms with E-state index in [-0.39, 0.29) is 11.5 Å². The molecule has 0 amide bonds. The Kier molecular flexibility index (Phi) is 3.34. The van der Waals surface area contributed by atoms with Gasteiger partial charge in [0.25, 0.3) is 0 Å². The van der Waals surface area contributed by atoms with Crippen LogP contribution in [-0.2, 0) is 5.41 Å². The molecular weight excluding hydrogens is 210 g/mol. The van der Waals surface area contributed by atoms with E-state index in [0.29, 0.717) is 0 Å². The highest BCUT2D eigenvalue weighted by Gasteiger charge is 2.31. The van der Waals surface area contributed by atoms with Gasteiger partial charge >= 0.3 is 0 Å². The van der Waals surface area contributed by atoms with Gasteiger partial charge in [-0.15, -0.1) is 0 Å². The summed E-state index contributed by atoms with van der Waals surface area (Å²) in [5.41, 5.74) is 2.52. The van der Waals surface area contributed by atoms with Gasteiger partial charge in [0.1, 0.15) is 0 Å². The lowest BCUT2D eigenvalue weighted by Crippen LogP contribution is -2.35. The van der Waals surface area contributed by atoms with Gasteiger partial charge in [-0.1, -0.05) is 44.2 Å². The lowest BCUT2D eigenvalue weighted by Gasteiger charge is -2.34. The molecule has 0 aliphatic rings. The van der Waals surface area contributed by atoms with Crippen molar-refractivity contribution in [1.29, 1.82) is 0 Å². The molecule has 1 heterocycles. The number of rotatable bonds is 4. The fourth-order valence-corrected chi connectivity index (χ4v) is 2.42. The molecule has 1 atom stereocenters. The van der Waals surface area contributed by atoms with Gasteiger partial charge in [-0.05, 0) is 18.7 Å². The molecular formula is C15H19NO. The average molecular weight is 229 g/mol. The maximum atomic E-state index is 5.19. The zero-order chi connectivity index (χ0) is 12.3. The predicted octanol–water partition coefficient (Wildman–Crippen LogP) is 3.52. The molecule has 2 rings (SSSR count). The third kappa shape index (κ3) is 2.27. The molecule has 1 aromatic heterocycles. The standard InChI is InChI=1S/C15H19NO/c1-15(2,13-7-5-4-6-8-13)14(16-3)12-9-10-17-11-12/h4-11,14,16H,1-3H3. The van der Waals surface area contributed by atoms with Crippen molar-refractivity contribution < 1.29 is 4.42 Å². The van der Waals surface area contributed by atoms with Crippen LogP contribution in [0.3, 0.4) is 0 Å². The van der Waals surface area contributed by atoms with E-state index in [2.05, 4.69) is 43.4 Å². The van der Waals surface area contributed by atoms with Crippen molar-refractivity contribution in [3.05, 3.63) is 60.1 Å². The second-order valence-electron chi connectivity index (χ2n) is 4.87. The number of likely N-dealkylation sites (N-methyl/N-ethyl adjacent to an activating group) is 1. The Labute approximate surface area is 103 Å². The molecule has 2 nitrogen and oxygen atoms in total. The summed E-state index contributed by atoms with van der Waals surface area (Å²) in [6.07, 6.45) is 3.53. The monoisotopic (exact) mass is 229 g/mol. The third-order valence-corrected chi connectivity index (χ3v) is 3.40. The quantitative estimate of drug-likeness (QED) is 0.867. The molecule has 0 fully saturated rings. The van der Waals surface area contributed by atoms with E-state index in [9.17, 15) is 0 Å². The van der Waals surface area contributed by atoms with E-state index >= 15 is 0 Å². The molecule has 0 aliphatic carbocycles. The number of hydrogen-bond acceptors (Lipinski definition) is 2. The zero-order valence-corrected chi connectivity index (χ0v) is 10.6. The van der Waals surface area contributed by atoms with Gasteiger partial charge in [-0.25, -0.2) is 0 Å². The second-order valence-corrected chi connectivity index (χ2v) is 4.87. The summed E-state index contributed by atoms with van der Waals surface area (Å²) in [7, 11) is 1.99. The van der Waals surface area contributed by atoms with Crippen LogP contribution in [0.2, 0.25) is 0 Å². The highest BCUT2D eigenvalue weighted by Crippen LogP contribution is 2.36. The summed E-state index contributed by atoms with van der Waals surface area (Å²) in [6, 6.07) is 12.8. The lowest BCUT2D eigenvalue weighted by molar-refractivity contribution is 0.366. The number of furan rings is 1. The molecule has 0 aliphatic heterocycles. The Balaban J connectivity index is 2.37. The van der Waals surface area contributed by atoms with Crippen molar-refractivity contribution in [2.45, 2.75) is 25.3 Å². The third-order valence-electron chi connectivity index (χ3n) is 3.40. The first kappa shape index (κ1) is 11.9. The van der Waals surface area contributed by atoms with Crippen LogP contribution in [0.1, 0.15) is 31.0 Å². The first-order valence-electron chi connectivity index (χ1n) is 5.91. The molecule has 0 radical (unpaired) electrons. The minimum atomic E-state index is 0.0138. The fraction of sp³-hybridized carbons (Fsp3) is 0.333. The average Bonchev–Trinajstić information content (AvgIpc) is 2.84. The van der Waals surface area contributed by atoms with Gasteiger partial charge in [0.2, 0.25) is 0 Å². The van der Waals surface area contributed by atoms with Crippen molar-refractivity contribution in [2.24, 2.45) is 0 Å². The molecule has 1 N–H and O–H groups in total. The summed E-state index contributed by atoms with van der Waals surface area (Å²) >= 11 is 0. The highest BCUT2D eigenvalue weighted by molar-refractivity contribution is 5.30. The molecule has 1 unspecified atom stereocenters. The van der Waals surface area contributed by atoms with E-state index in [1.807, 2.05) is 25.4 Å². The summed E-state index contributed by atoms with van der Waals surface area (Å²) < 4.78 is 5.19. The van der Waals surface area contributed by atoms with Crippen LogP contribution in [0.4, 0.5) is 0 Å². The fourth-order valence-electron chi connectivity index (χ4n) is 2.42. The molecule has 2 heteroatoms. The van der Waals surface area contributed by atoms with E-state index in [0.717, 1.165) is 0 Å². The van der Waals surface area contributed by atoms with Crippen LogP contribution >= 0.6 is 0 Å². The topological polar surface area (TPSA) is 25.2 Å². The van der Waals surface area contributed by atoms with Crippen molar-refractivity contribution in [2.75, 3.05) is 7.05 Å². The second kappa shape index (κ2) is 4.76. The van der Waals surface area contributed by atoms with E-state index in [4.69, 9.17) is 4.42 Å². The maximum Gasteiger partial charge on any atom is 0.0950 e. The molecule has 2 aromatic rings. The van der Waals surface area contributed by atoms with Crippen LogP contribution in [-0.4, -0.2) is 7.05 Å². The van der Waals surface area contributed by atoms with Crippen molar-refractivity contribution >= 4 is 0 Å². The van der Waals surface area contributed by atoms with Gasteiger partial charge in [-0.2, -0.15) is 0 Å². The summed E-state index contributed by atoms with van der Waals surface area (Å²) in [4.78, 5) is 0. The van der Waals surface area contributed by atoms with E-state index < -0.39 is 0 Å². The number of nitrogens with one attached hydrogen (secondary N) is 1. The van der Waals surface area contributed by atoms with Gasteiger partial charge in [-0.3, -0.25) is 0 Å². The van der Waals surface area contributed by atoms with E-state index in [1.54, 1.807) is 6.26 Å². The van der Waals surface area contributed by atoms with Crippen molar-refractivity contribution in [3.8, 4) is 0 Å². The largest absolute Gasteiger partial charge is 0.472 e. The smallest absolute Gasteiger partial charge is 0.0950 e. The molecule has 0 saturated carbocycles. The van der Waals surface area contributed by atoms with Crippen LogP contribution < -0.4 is 5.32 Å². The lowest BCUT2D eigenvalue weighted by atomic mass is 9.75. The SMILES string of the molecule is CNC(c1ccoc1)C(C)(C)c1ccccc1. The van der Waals surface area contributed by atoms with Crippen molar-refractivity contribution in [3.63, 3.8) is 0 Å². The number of hydrogen-bond donors (Lipinski definition) is 1. The molecule has 0 saturated heterocycles. The van der Waals surface area contributed by atoms with Gasteiger partial charge in [0.15, 0.2) is 0 Å². The zero-order valence-electron chi connectivity index (χ0n) is 10.6. The van der Waals surface area contributed by atoms with Gasteiger partial charge < -0.3 is 9.73 Å². The normalized spacial score (nSPS) is 13.6. The first-order valence-corrected chi connectivity index (χ1v) is 5.91. The first-order chi connectivity index (χ1) is 8.16. The maximum absolute atomic E-state index is 5.19. The van der Waals surface area contributed by atoms with Gasteiger partial charge in [0, 0.05) is 17.0 Å². The summed E-state index contributed by atoms with van der Waals surface area (Å²) in [5.74, 6) is 0. The van der Waals surface area contributed by atoms with Crippen LogP contribution in [0, 0.1) is 0 Å². The molecule has 0 spiro atoms.